The zero-order valence-corrected chi connectivity index (χ0v) is 18.5. The lowest BCUT2D eigenvalue weighted by Gasteiger charge is -2.17. The van der Waals surface area contributed by atoms with Crippen LogP contribution in [0.15, 0.2) is 42.5 Å². The summed E-state index contributed by atoms with van der Waals surface area (Å²) in [4.78, 5) is 38.2. The van der Waals surface area contributed by atoms with Crippen molar-refractivity contribution in [3.63, 3.8) is 0 Å². The van der Waals surface area contributed by atoms with Crippen molar-refractivity contribution >= 4 is 29.5 Å². The highest BCUT2D eigenvalue weighted by atomic mass is 16.2. The molecule has 0 heterocycles. The van der Waals surface area contributed by atoms with Gasteiger partial charge in [0.15, 0.2) is 0 Å². The molecule has 1 aliphatic rings. The summed E-state index contributed by atoms with van der Waals surface area (Å²) in [6.45, 7) is 5.87. The number of anilines is 1. The van der Waals surface area contributed by atoms with Crippen LogP contribution in [0.4, 0.5) is 5.69 Å². The molecule has 2 aromatic rings. The molecule has 1 saturated carbocycles. The van der Waals surface area contributed by atoms with E-state index in [1.807, 2.05) is 32.9 Å². The second kappa shape index (κ2) is 9.60. The molecule has 0 radical (unpaired) electrons. The van der Waals surface area contributed by atoms with Gasteiger partial charge in [-0.3, -0.25) is 14.4 Å². The Labute approximate surface area is 183 Å². The average molecular weight is 420 g/mol. The number of nitrogens with one attached hydrogen (secondary N) is 2. The standard InChI is InChI=1S/C25H29N3O3/c1-16-13-17(2)24(18(3)14-16)27-22(29)15-28(4)23(30)12-7-19-5-8-20(9-6-19)25(31)26-21-10-11-21/h5-9,12-14,21H,10-11,15H2,1-4H3,(H,26,31)(H,27,29)/b12-7+. The van der Waals surface area contributed by atoms with E-state index in [-0.39, 0.29) is 24.3 Å². The Morgan fingerprint density at radius 2 is 1.65 bits per heavy atom. The van der Waals surface area contributed by atoms with Crippen LogP contribution in [0.5, 0.6) is 0 Å². The van der Waals surface area contributed by atoms with Crippen molar-refractivity contribution in [1.29, 1.82) is 0 Å². The molecule has 2 N–H and O–H groups in total. The van der Waals surface area contributed by atoms with E-state index in [9.17, 15) is 14.4 Å². The van der Waals surface area contributed by atoms with Gasteiger partial charge >= 0.3 is 0 Å². The van der Waals surface area contributed by atoms with Crippen LogP contribution in [0.3, 0.4) is 0 Å². The van der Waals surface area contributed by atoms with E-state index in [1.165, 1.54) is 11.0 Å². The van der Waals surface area contributed by atoms with E-state index in [0.717, 1.165) is 40.8 Å². The van der Waals surface area contributed by atoms with Crippen LogP contribution in [-0.2, 0) is 9.59 Å². The summed E-state index contributed by atoms with van der Waals surface area (Å²) in [5.41, 5.74) is 5.33. The molecule has 0 bridgehead atoms. The molecule has 0 unspecified atom stereocenters. The molecule has 6 nitrogen and oxygen atoms in total. The lowest BCUT2D eigenvalue weighted by molar-refractivity contribution is -0.129. The first-order valence-electron chi connectivity index (χ1n) is 10.4. The smallest absolute Gasteiger partial charge is 0.251 e. The van der Waals surface area contributed by atoms with Crippen molar-refractivity contribution in [3.8, 4) is 0 Å². The molecule has 6 heteroatoms. The van der Waals surface area contributed by atoms with Crippen LogP contribution in [0.2, 0.25) is 0 Å². The first kappa shape index (κ1) is 22.3. The highest BCUT2D eigenvalue weighted by molar-refractivity contribution is 5.99. The van der Waals surface area contributed by atoms with Gasteiger partial charge in [0, 0.05) is 30.4 Å². The number of aryl methyl sites for hydroxylation is 3. The summed E-state index contributed by atoms with van der Waals surface area (Å²) in [6, 6.07) is 11.4. The van der Waals surface area contributed by atoms with Crippen LogP contribution in [0, 0.1) is 20.8 Å². The third-order valence-electron chi connectivity index (χ3n) is 5.20. The monoisotopic (exact) mass is 419 g/mol. The Kier molecular flexibility index (Phi) is 6.90. The summed E-state index contributed by atoms with van der Waals surface area (Å²) in [5, 5.41) is 5.85. The van der Waals surface area contributed by atoms with Gasteiger partial charge in [0.2, 0.25) is 11.8 Å². The summed E-state index contributed by atoms with van der Waals surface area (Å²) in [7, 11) is 1.59. The Bertz CT molecular complexity index is 998. The van der Waals surface area contributed by atoms with E-state index < -0.39 is 0 Å². The van der Waals surface area contributed by atoms with Crippen LogP contribution < -0.4 is 10.6 Å². The van der Waals surface area contributed by atoms with E-state index in [2.05, 4.69) is 10.6 Å². The van der Waals surface area contributed by atoms with Gasteiger partial charge in [0.05, 0.1) is 6.54 Å². The Morgan fingerprint density at radius 3 is 2.23 bits per heavy atom. The second-order valence-electron chi connectivity index (χ2n) is 8.22. The number of hydrogen-bond acceptors (Lipinski definition) is 3. The van der Waals surface area contributed by atoms with Crippen LogP contribution >= 0.6 is 0 Å². The van der Waals surface area contributed by atoms with Crippen molar-refractivity contribution in [2.45, 2.75) is 39.7 Å². The minimum Gasteiger partial charge on any atom is -0.349 e. The van der Waals surface area contributed by atoms with Gasteiger partial charge in [-0.25, -0.2) is 0 Å². The largest absolute Gasteiger partial charge is 0.349 e. The van der Waals surface area contributed by atoms with Gasteiger partial charge in [0.25, 0.3) is 5.91 Å². The zero-order chi connectivity index (χ0) is 22.5. The van der Waals surface area contributed by atoms with E-state index in [1.54, 1.807) is 37.4 Å². The lowest BCUT2D eigenvalue weighted by Crippen LogP contribution is -2.34. The third-order valence-corrected chi connectivity index (χ3v) is 5.20. The Hall–Kier alpha value is -3.41. The average Bonchev–Trinajstić information content (AvgIpc) is 3.53. The molecule has 3 amide bonds. The van der Waals surface area contributed by atoms with E-state index in [0.29, 0.717) is 11.6 Å². The molecular weight excluding hydrogens is 390 g/mol. The molecule has 3 rings (SSSR count). The fourth-order valence-electron chi connectivity index (χ4n) is 3.39. The number of amides is 3. The number of likely N-dealkylation sites (N-methyl/N-ethyl adjacent to an activating group) is 1. The topological polar surface area (TPSA) is 78.5 Å². The van der Waals surface area contributed by atoms with Crippen molar-refractivity contribution in [3.05, 3.63) is 70.3 Å². The van der Waals surface area contributed by atoms with Crippen LogP contribution in [-0.4, -0.2) is 42.3 Å². The van der Waals surface area contributed by atoms with Crippen LogP contribution in [0.25, 0.3) is 6.08 Å². The van der Waals surface area contributed by atoms with Gasteiger partial charge < -0.3 is 15.5 Å². The number of rotatable bonds is 7. The second-order valence-corrected chi connectivity index (χ2v) is 8.22. The van der Waals surface area contributed by atoms with Gasteiger partial charge in [-0.05, 0) is 68.5 Å². The maximum Gasteiger partial charge on any atom is 0.251 e. The third kappa shape index (κ3) is 6.28. The fraction of sp³-hybridized carbons (Fsp3) is 0.320. The molecule has 0 spiro atoms. The first-order valence-corrected chi connectivity index (χ1v) is 10.4. The molecule has 1 aliphatic carbocycles. The fourth-order valence-corrected chi connectivity index (χ4v) is 3.39. The highest BCUT2D eigenvalue weighted by Crippen LogP contribution is 2.22. The lowest BCUT2D eigenvalue weighted by atomic mass is 10.1. The molecule has 0 atom stereocenters. The van der Waals surface area contributed by atoms with Gasteiger partial charge in [-0.2, -0.15) is 0 Å². The summed E-state index contributed by atoms with van der Waals surface area (Å²) in [6.07, 6.45) is 5.19. The first-order chi connectivity index (χ1) is 14.7. The SMILES string of the molecule is Cc1cc(C)c(NC(=O)CN(C)C(=O)/C=C/c2ccc(C(=O)NC3CC3)cc2)c(C)c1. The maximum absolute atomic E-state index is 12.4. The highest BCUT2D eigenvalue weighted by Gasteiger charge is 2.23. The summed E-state index contributed by atoms with van der Waals surface area (Å²) < 4.78 is 0. The summed E-state index contributed by atoms with van der Waals surface area (Å²) >= 11 is 0. The van der Waals surface area contributed by atoms with Crippen molar-refractivity contribution in [2.24, 2.45) is 0 Å². The predicted molar refractivity (Wildman–Crippen MR) is 123 cm³/mol. The van der Waals surface area contributed by atoms with E-state index in [4.69, 9.17) is 0 Å². The van der Waals surface area contributed by atoms with Crippen molar-refractivity contribution in [2.75, 3.05) is 18.9 Å². The molecular formula is C25H29N3O3. The Balaban J connectivity index is 1.53. The predicted octanol–water partition coefficient (Wildman–Crippen LogP) is 3.61. The van der Waals surface area contributed by atoms with Crippen molar-refractivity contribution < 1.29 is 14.4 Å². The molecule has 162 valence electrons. The number of nitrogens with zero attached hydrogens (tertiary/aromatic N) is 1. The molecule has 1 fully saturated rings. The van der Waals surface area contributed by atoms with Gasteiger partial charge in [-0.1, -0.05) is 29.8 Å². The molecule has 0 saturated heterocycles. The minimum atomic E-state index is -0.275. The number of hydrogen-bond donors (Lipinski definition) is 2. The molecule has 2 aromatic carbocycles. The minimum absolute atomic E-state index is 0.0454. The molecule has 0 aromatic heterocycles. The summed E-state index contributed by atoms with van der Waals surface area (Å²) in [5.74, 6) is -0.590. The van der Waals surface area contributed by atoms with Crippen LogP contribution in [0.1, 0.15) is 45.5 Å². The van der Waals surface area contributed by atoms with E-state index >= 15 is 0 Å². The quantitative estimate of drug-likeness (QED) is 0.673. The van der Waals surface area contributed by atoms with Gasteiger partial charge in [0.1, 0.15) is 0 Å². The zero-order valence-electron chi connectivity index (χ0n) is 18.5. The number of benzene rings is 2. The maximum atomic E-state index is 12.4. The number of carbonyl (C=O) groups excluding carboxylic acids is 3. The normalized spacial score (nSPS) is 13.2. The molecule has 31 heavy (non-hydrogen) atoms. The number of carbonyl (C=O) groups is 3. The molecule has 0 aliphatic heterocycles. The van der Waals surface area contributed by atoms with Crippen molar-refractivity contribution in [1.82, 2.24) is 10.2 Å². The Morgan fingerprint density at radius 1 is 1.03 bits per heavy atom. The van der Waals surface area contributed by atoms with Gasteiger partial charge in [-0.15, -0.1) is 0 Å².